The number of fused-ring (bicyclic) bond motifs is 1. The second kappa shape index (κ2) is 11.0. The molecule has 1 aliphatic rings. The van der Waals surface area contributed by atoms with Crippen LogP contribution in [0.25, 0.3) is 5.65 Å². The number of hydrogen-bond donors (Lipinski definition) is 2. The first-order chi connectivity index (χ1) is 19.7. The molecule has 3 heterocycles. The summed E-state index contributed by atoms with van der Waals surface area (Å²) in [6.45, 7) is 7.60. The van der Waals surface area contributed by atoms with Gasteiger partial charge in [0.05, 0.1) is 23.2 Å². The molecule has 0 bridgehead atoms. The van der Waals surface area contributed by atoms with Crippen LogP contribution in [0.15, 0.2) is 65.6 Å². The number of nitriles is 2. The van der Waals surface area contributed by atoms with Gasteiger partial charge in [0.2, 0.25) is 0 Å². The molecule has 1 saturated heterocycles. The van der Waals surface area contributed by atoms with Crippen molar-refractivity contribution < 1.29 is 9.90 Å². The molecular formula is C31H29N7O3. The molecule has 0 aliphatic carbocycles. The minimum absolute atomic E-state index is 0.0189. The van der Waals surface area contributed by atoms with E-state index in [0.29, 0.717) is 47.9 Å². The molecule has 2 unspecified atom stereocenters. The van der Waals surface area contributed by atoms with Crippen LogP contribution < -0.4 is 20.7 Å². The quantitative estimate of drug-likeness (QED) is 0.361. The Bertz CT molecular complexity index is 1780. The minimum atomic E-state index is -1.04. The van der Waals surface area contributed by atoms with Gasteiger partial charge in [-0.25, -0.2) is 9.78 Å². The summed E-state index contributed by atoms with van der Waals surface area (Å²) in [4.78, 5) is 34.5. The normalized spacial score (nSPS) is 15.7. The Balaban J connectivity index is 1.53. The summed E-state index contributed by atoms with van der Waals surface area (Å²) >= 11 is 0. The van der Waals surface area contributed by atoms with Crippen molar-refractivity contribution in [1.29, 1.82) is 10.5 Å². The number of hydrogen-bond acceptors (Lipinski definition) is 8. The maximum Gasteiger partial charge on any atom is 0.337 e. The number of piperazine rings is 1. The van der Waals surface area contributed by atoms with Crippen molar-refractivity contribution in [3.8, 4) is 12.1 Å². The van der Waals surface area contributed by atoms with Crippen LogP contribution in [0.5, 0.6) is 0 Å². The zero-order valence-corrected chi connectivity index (χ0v) is 23.0. The van der Waals surface area contributed by atoms with E-state index in [9.17, 15) is 20.0 Å². The monoisotopic (exact) mass is 547 g/mol. The topological polar surface area (TPSA) is 138 Å². The predicted molar refractivity (Wildman–Crippen MR) is 157 cm³/mol. The molecule has 2 aromatic heterocycles. The van der Waals surface area contributed by atoms with E-state index in [4.69, 9.17) is 10.2 Å². The maximum atomic E-state index is 13.6. The number of nitrogens with one attached hydrogen (secondary N) is 1. The third kappa shape index (κ3) is 5.15. The number of carboxylic acids is 1. The largest absolute Gasteiger partial charge is 0.478 e. The number of rotatable bonds is 6. The zero-order valence-electron chi connectivity index (χ0n) is 23.0. The van der Waals surface area contributed by atoms with Crippen molar-refractivity contribution in [3.05, 3.63) is 99.0 Å². The second-order valence-electron chi connectivity index (χ2n) is 10.3. The summed E-state index contributed by atoms with van der Waals surface area (Å²) in [7, 11) is 0. The Morgan fingerprint density at radius 2 is 1.85 bits per heavy atom. The molecule has 2 N–H and O–H groups in total. The van der Waals surface area contributed by atoms with Crippen LogP contribution in [0.2, 0.25) is 0 Å². The van der Waals surface area contributed by atoms with E-state index in [1.165, 1.54) is 10.5 Å². The number of carbonyl (C=O) groups is 1. The molecule has 0 spiro atoms. The lowest BCUT2D eigenvalue weighted by Crippen LogP contribution is -2.53. The first kappa shape index (κ1) is 27.2. The first-order valence-corrected chi connectivity index (χ1v) is 13.3. The number of aromatic nitrogens is 2. The molecule has 5 rings (SSSR count). The Hall–Kier alpha value is -5.35. The van der Waals surface area contributed by atoms with E-state index in [0.717, 1.165) is 11.3 Å². The van der Waals surface area contributed by atoms with Crippen molar-refractivity contribution in [2.75, 3.05) is 34.8 Å². The SMILES string of the molecule is Cc1cc(C(C)Nc2ccccc2C(=O)O)c2nc(N3CCN(c4ccc(C#N)cc4)CC3C)c(C#N)c(=O)n2c1. The highest BCUT2D eigenvalue weighted by molar-refractivity contribution is 5.94. The Morgan fingerprint density at radius 1 is 1.12 bits per heavy atom. The number of pyridine rings is 1. The molecular weight excluding hydrogens is 518 g/mol. The van der Waals surface area contributed by atoms with E-state index < -0.39 is 17.6 Å². The van der Waals surface area contributed by atoms with Gasteiger partial charge < -0.3 is 20.2 Å². The summed E-state index contributed by atoms with van der Waals surface area (Å²) in [5.41, 5.74) is 3.65. The molecule has 4 aromatic rings. The molecule has 2 aromatic carbocycles. The third-order valence-electron chi connectivity index (χ3n) is 7.44. The van der Waals surface area contributed by atoms with Gasteiger partial charge in [-0.15, -0.1) is 0 Å². The number of aromatic carboxylic acids is 1. The number of aryl methyl sites for hydroxylation is 1. The summed E-state index contributed by atoms with van der Waals surface area (Å²) in [6, 6.07) is 19.8. The smallest absolute Gasteiger partial charge is 0.337 e. The summed E-state index contributed by atoms with van der Waals surface area (Å²) in [5, 5.41) is 32.1. The lowest BCUT2D eigenvalue weighted by atomic mass is 10.1. The van der Waals surface area contributed by atoms with Crippen LogP contribution in [0, 0.1) is 29.6 Å². The van der Waals surface area contributed by atoms with E-state index in [-0.39, 0.29) is 17.2 Å². The van der Waals surface area contributed by atoms with E-state index in [2.05, 4.69) is 22.4 Å². The van der Waals surface area contributed by atoms with Gasteiger partial charge in [0.25, 0.3) is 5.56 Å². The third-order valence-corrected chi connectivity index (χ3v) is 7.44. The molecule has 2 atom stereocenters. The predicted octanol–water partition coefficient (Wildman–Crippen LogP) is 4.33. The fourth-order valence-electron chi connectivity index (χ4n) is 5.38. The Kier molecular flexibility index (Phi) is 7.32. The summed E-state index contributed by atoms with van der Waals surface area (Å²) < 4.78 is 1.41. The van der Waals surface area contributed by atoms with E-state index in [1.807, 2.05) is 43.9 Å². The number of carboxylic acid groups (broad SMARTS) is 1. The van der Waals surface area contributed by atoms with Gasteiger partial charge in [0.15, 0.2) is 11.4 Å². The molecule has 0 radical (unpaired) electrons. The van der Waals surface area contributed by atoms with Crippen LogP contribution in [0.1, 0.15) is 52.5 Å². The highest BCUT2D eigenvalue weighted by Crippen LogP contribution is 2.29. The molecule has 1 fully saturated rings. The van der Waals surface area contributed by atoms with Crippen molar-refractivity contribution in [1.82, 2.24) is 9.38 Å². The Labute approximate surface area is 237 Å². The fourth-order valence-corrected chi connectivity index (χ4v) is 5.38. The lowest BCUT2D eigenvalue weighted by Gasteiger charge is -2.42. The van der Waals surface area contributed by atoms with E-state index in [1.54, 1.807) is 36.5 Å². The number of nitrogens with zero attached hydrogens (tertiary/aromatic N) is 6. The summed E-state index contributed by atoms with van der Waals surface area (Å²) in [5.74, 6) is -0.702. The van der Waals surface area contributed by atoms with E-state index >= 15 is 0 Å². The van der Waals surface area contributed by atoms with Crippen LogP contribution in [0.3, 0.4) is 0 Å². The fraction of sp³-hybridized carbons (Fsp3) is 0.258. The van der Waals surface area contributed by atoms with Gasteiger partial charge >= 0.3 is 5.97 Å². The van der Waals surface area contributed by atoms with Gasteiger partial charge in [-0.2, -0.15) is 10.5 Å². The van der Waals surface area contributed by atoms with Gasteiger partial charge in [-0.1, -0.05) is 12.1 Å². The van der Waals surface area contributed by atoms with Crippen LogP contribution >= 0.6 is 0 Å². The molecule has 41 heavy (non-hydrogen) atoms. The lowest BCUT2D eigenvalue weighted by molar-refractivity contribution is 0.0698. The molecule has 0 amide bonds. The van der Waals surface area contributed by atoms with Crippen LogP contribution in [-0.2, 0) is 0 Å². The van der Waals surface area contributed by atoms with Crippen molar-refractivity contribution >= 4 is 28.8 Å². The number of para-hydroxylation sites is 1. The molecule has 1 aliphatic heterocycles. The maximum absolute atomic E-state index is 13.6. The highest BCUT2D eigenvalue weighted by Gasteiger charge is 2.29. The average Bonchev–Trinajstić information content (AvgIpc) is 2.97. The second-order valence-corrected chi connectivity index (χ2v) is 10.3. The zero-order chi connectivity index (χ0) is 29.3. The Morgan fingerprint density at radius 3 is 2.51 bits per heavy atom. The highest BCUT2D eigenvalue weighted by atomic mass is 16.4. The molecule has 206 valence electrons. The minimum Gasteiger partial charge on any atom is -0.478 e. The van der Waals surface area contributed by atoms with Gasteiger partial charge in [-0.05, 0) is 68.8 Å². The molecule has 0 saturated carbocycles. The number of benzene rings is 2. The van der Waals surface area contributed by atoms with Gasteiger partial charge in [-0.3, -0.25) is 9.20 Å². The van der Waals surface area contributed by atoms with Crippen molar-refractivity contribution in [3.63, 3.8) is 0 Å². The standard InChI is InChI=1S/C31H29N7O3/c1-19-14-25(21(3)34-27-7-5-4-6-24(27)31(40)41)28-35-29(26(16-33)30(39)38(28)17-19)37-13-12-36(18-20(37)2)23-10-8-22(15-32)9-11-23/h4-11,14,17,20-21,34H,12-13,18H2,1-3H3,(H,40,41). The van der Waals surface area contributed by atoms with Gasteiger partial charge in [0.1, 0.15) is 11.7 Å². The summed E-state index contributed by atoms with van der Waals surface area (Å²) in [6.07, 6.45) is 1.67. The number of anilines is 3. The van der Waals surface area contributed by atoms with Crippen LogP contribution in [0.4, 0.5) is 17.2 Å². The van der Waals surface area contributed by atoms with Gasteiger partial charge in [0, 0.05) is 48.8 Å². The molecule has 10 heteroatoms. The average molecular weight is 548 g/mol. The van der Waals surface area contributed by atoms with Crippen LogP contribution in [-0.4, -0.2) is 46.1 Å². The molecule has 10 nitrogen and oxygen atoms in total. The van der Waals surface area contributed by atoms with Crippen molar-refractivity contribution in [2.24, 2.45) is 0 Å². The first-order valence-electron chi connectivity index (χ1n) is 13.3. The van der Waals surface area contributed by atoms with Crippen molar-refractivity contribution in [2.45, 2.75) is 32.9 Å².